The molecule has 5 heteroatoms. The van der Waals surface area contributed by atoms with Crippen molar-refractivity contribution in [2.24, 2.45) is 0 Å². The molecule has 0 atom stereocenters. The van der Waals surface area contributed by atoms with Gasteiger partial charge in [0.2, 0.25) is 0 Å². The van der Waals surface area contributed by atoms with E-state index in [1.807, 2.05) is 11.6 Å². The topological polar surface area (TPSA) is 33.6 Å². The average molecular weight is 261 g/mol. The lowest BCUT2D eigenvalue weighted by Crippen LogP contribution is -1.98. The van der Waals surface area contributed by atoms with Crippen molar-refractivity contribution >= 4 is 34.6 Å². The van der Waals surface area contributed by atoms with Crippen LogP contribution in [0.2, 0.25) is 0 Å². The number of rotatable bonds is 2. The number of hydrogen-bond donors (Lipinski definition) is 1. The van der Waals surface area contributed by atoms with Crippen molar-refractivity contribution in [3.63, 3.8) is 0 Å². The Morgan fingerprint density at radius 1 is 1.47 bits per heavy atom. The van der Waals surface area contributed by atoms with Gasteiger partial charge in [0.15, 0.2) is 4.77 Å². The van der Waals surface area contributed by atoms with Crippen LogP contribution in [0.25, 0.3) is 11.0 Å². The number of aromatic nitrogens is 3. The number of hydrogen-bond acceptors (Lipinski definition) is 3. The third kappa shape index (κ3) is 1.92. The Morgan fingerprint density at radius 2 is 2.35 bits per heavy atom. The first kappa shape index (κ1) is 10.7. The van der Waals surface area contributed by atoms with Crippen LogP contribution in [0.4, 0.5) is 0 Å². The van der Waals surface area contributed by atoms with Crippen LogP contribution in [0, 0.1) is 11.7 Å². The Bertz CT molecular complexity index is 707. The molecule has 17 heavy (non-hydrogen) atoms. The van der Waals surface area contributed by atoms with Gasteiger partial charge in [-0.3, -0.25) is 0 Å². The first-order valence-electron chi connectivity index (χ1n) is 5.31. The van der Waals surface area contributed by atoms with Gasteiger partial charge in [0, 0.05) is 11.6 Å². The molecule has 3 aromatic rings. The summed E-state index contributed by atoms with van der Waals surface area (Å²) in [6.45, 7) is 2.81. The smallest absolute Gasteiger partial charge is 0.178 e. The summed E-state index contributed by atoms with van der Waals surface area (Å²) in [5.41, 5.74) is 3.46. The van der Waals surface area contributed by atoms with E-state index in [1.165, 1.54) is 5.56 Å². The highest BCUT2D eigenvalue weighted by atomic mass is 32.1. The molecule has 0 spiro atoms. The Morgan fingerprint density at radius 3 is 3.12 bits per heavy atom. The molecule has 0 aliphatic heterocycles. The number of H-pyrrole nitrogens is 1. The van der Waals surface area contributed by atoms with E-state index in [-0.39, 0.29) is 0 Å². The van der Waals surface area contributed by atoms with Gasteiger partial charge < -0.3 is 9.55 Å². The van der Waals surface area contributed by atoms with Crippen LogP contribution in [0.3, 0.4) is 0 Å². The SMILES string of the molecule is Cc1ccc2c(c1)[nH]c(=S)n2Cc1nccs1. The normalized spacial score (nSPS) is 11.1. The summed E-state index contributed by atoms with van der Waals surface area (Å²) >= 11 is 7.00. The largest absolute Gasteiger partial charge is 0.331 e. The van der Waals surface area contributed by atoms with E-state index in [0.29, 0.717) is 0 Å². The van der Waals surface area contributed by atoms with Crippen LogP contribution in [-0.4, -0.2) is 14.5 Å². The predicted octanol–water partition coefficient (Wildman–Crippen LogP) is 3.51. The molecular weight excluding hydrogens is 250 g/mol. The molecule has 3 rings (SSSR count). The molecule has 0 unspecified atom stereocenters. The minimum Gasteiger partial charge on any atom is -0.331 e. The molecule has 0 fully saturated rings. The second kappa shape index (κ2) is 4.09. The van der Waals surface area contributed by atoms with Gasteiger partial charge in [-0.05, 0) is 36.8 Å². The summed E-state index contributed by atoms with van der Waals surface area (Å²) in [5.74, 6) is 0. The fraction of sp³-hybridized carbons (Fsp3) is 0.167. The van der Waals surface area contributed by atoms with E-state index in [1.54, 1.807) is 11.3 Å². The summed E-state index contributed by atoms with van der Waals surface area (Å²) in [7, 11) is 0. The molecule has 0 saturated heterocycles. The van der Waals surface area contributed by atoms with Crippen molar-refractivity contribution in [3.8, 4) is 0 Å². The summed E-state index contributed by atoms with van der Waals surface area (Å²) in [4.78, 5) is 7.53. The van der Waals surface area contributed by atoms with Gasteiger partial charge in [0.1, 0.15) is 5.01 Å². The van der Waals surface area contributed by atoms with Crippen molar-refractivity contribution in [2.45, 2.75) is 13.5 Å². The summed E-state index contributed by atoms with van der Waals surface area (Å²) < 4.78 is 2.84. The summed E-state index contributed by atoms with van der Waals surface area (Å²) in [5, 5.41) is 3.06. The fourth-order valence-corrected chi connectivity index (χ4v) is 2.78. The lowest BCUT2D eigenvalue weighted by Gasteiger charge is -2.01. The van der Waals surface area contributed by atoms with E-state index in [0.717, 1.165) is 27.4 Å². The van der Waals surface area contributed by atoms with Gasteiger partial charge in [-0.2, -0.15) is 0 Å². The molecule has 0 aliphatic rings. The van der Waals surface area contributed by atoms with Crippen molar-refractivity contribution < 1.29 is 0 Å². The quantitative estimate of drug-likeness (QED) is 0.716. The maximum atomic E-state index is 5.35. The minimum absolute atomic E-state index is 0.736. The Balaban J connectivity index is 2.16. The number of fused-ring (bicyclic) bond motifs is 1. The minimum atomic E-state index is 0.736. The Kier molecular flexibility index (Phi) is 2.57. The lowest BCUT2D eigenvalue weighted by atomic mass is 10.2. The zero-order chi connectivity index (χ0) is 11.8. The molecule has 1 N–H and O–H groups in total. The lowest BCUT2D eigenvalue weighted by molar-refractivity contribution is 0.803. The van der Waals surface area contributed by atoms with Crippen LogP contribution >= 0.6 is 23.6 Å². The van der Waals surface area contributed by atoms with Gasteiger partial charge in [-0.1, -0.05) is 6.07 Å². The van der Waals surface area contributed by atoms with Crippen LogP contribution in [0.5, 0.6) is 0 Å². The van der Waals surface area contributed by atoms with E-state index in [2.05, 4.69) is 39.7 Å². The van der Waals surface area contributed by atoms with Crippen LogP contribution in [-0.2, 0) is 6.54 Å². The standard InChI is InChI=1S/C12H11N3S2/c1-8-2-3-10-9(6-8)14-12(16)15(10)7-11-13-4-5-17-11/h2-6H,7H2,1H3,(H,14,16). The maximum absolute atomic E-state index is 5.35. The van der Waals surface area contributed by atoms with Crippen LogP contribution < -0.4 is 0 Å². The van der Waals surface area contributed by atoms with Gasteiger partial charge in [-0.15, -0.1) is 11.3 Å². The highest BCUT2D eigenvalue weighted by Crippen LogP contribution is 2.18. The van der Waals surface area contributed by atoms with E-state index in [4.69, 9.17) is 12.2 Å². The molecule has 0 saturated carbocycles. The maximum Gasteiger partial charge on any atom is 0.178 e. The molecule has 0 aliphatic carbocycles. The molecule has 1 aromatic carbocycles. The van der Waals surface area contributed by atoms with Crippen molar-refractivity contribution in [1.82, 2.24) is 14.5 Å². The number of imidazole rings is 1. The summed E-state index contributed by atoms with van der Waals surface area (Å²) in [6.07, 6.45) is 1.82. The molecule has 0 radical (unpaired) electrons. The second-order valence-electron chi connectivity index (χ2n) is 3.96. The molecular formula is C12H11N3S2. The van der Waals surface area contributed by atoms with E-state index < -0.39 is 0 Å². The molecule has 86 valence electrons. The highest BCUT2D eigenvalue weighted by molar-refractivity contribution is 7.71. The fourth-order valence-electron chi connectivity index (χ4n) is 1.90. The van der Waals surface area contributed by atoms with E-state index >= 15 is 0 Å². The number of nitrogens with one attached hydrogen (secondary N) is 1. The third-order valence-corrected chi connectivity index (χ3v) is 3.79. The van der Waals surface area contributed by atoms with Crippen molar-refractivity contribution in [3.05, 3.63) is 45.1 Å². The zero-order valence-electron chi connectivity index (χ0n) is 9.30. The average Bonchev–Trinajstić information content (AvgIpc) is 2.88. The molecule has 0 bridgehead atoms. The highest BCUT2D eigenvalue weighted by Gasteiger charge is 2.06. The summed E-state index contributed by atoms with van der Waals surface area (Å²) in [6, 6.07) is 6.32. The zero-order valence-corrected chi connectivity index (χ0v) is 10.9. The Hall–Kier alpha value is -1.46. The molecule has 2 aromatic heterocycles. The first-order chi connectivity index (χ1) is 8.24. The molecule has 3 nitrogen and oxygen atoms in total. The second-order valence-corrected chi connectivity index (χ2v) is 5.33. The van der Waals surface area contributed by atoms with Crippen LogP contribution in [0.15, 0.2) is 29.8 Å². The van der Waals surface area contributed by atoms with Crippen molar-refractivity contribution in [2.75, 3.05) is 0 Å². The monoisotopic (exact) mass is 261 g/mol. The molecule has 0 amide bonds. The number of aryl methyl sites for hydroxylation is 1. The van der Waals surface area contributed by atoms with Gasteiger partial charge >= 0.3 is 0 Å². The van der Waals surface area contributed by atoms with E-state index in [9.17, 15) is 0 Å². The number of aromatic amines is 1. The van der Waals surface area contributed by atoms with Gasteiger partial charge in [-0.25, -0.2) is 4.98 Å². The van der Waals surface area contributed by atoms with Crippen molar-refractivity contribution in [1.29, 1.82) is 0 Å². The number of benzene rings is 1. The van der Waals surface area contributed by atoms with Crippen LogP contribution in [0.1, 0.15) is 10.6 Å². The number of thiazole rings is 1. The first-order valence-corrected chi connectivity index (χ1v) is 6.60. The predicted molar refractivity (Wildman–Crippen MR) is 73.1 cm³/mol. The van der Waals surface area contributed by atoms with Gasteiger partial charge in [0.05, 0.1) is 17.6 Å². The Labute approximate surface area is 108 Å². The third-order valence-electron chi connectivity index (χ3n) is 2.71. The number of nitrogens with zero attached hydrogens (tertiary/aromatic N) is 2. The van der Waals surface area contributed by atoms with Gasteiger partial charge in [0.25, 0.3) is 0 Å². The molecule has 2 heterocycles.